The molecule has 0 saturated carbocycles. The summed E-state index contributed by atoms with van der Waals surface area (Å²) < 4.78 is 6.18. The molecule has 6 rings (SSSR count). The number of likely N-dealkylation sites (N-methyl/N-ethyl adjacent to an activating group) is 1. The van der Waals surface area contributed by atoms with E-state index in [9.17, 15) is 9.59 Å². The molecule has 4 aromatic carbocycles. The van der Waals surface area contributed by atoms with E-state index in [-0.39, 0.29) is 10.9 Å². The quantitative estimate of drug-likeness (QED) is 0.319. The normalized spacial score (nSPS) is 15.6. The largest absolute Gasteiger partial charge is 0.453 e. The Hall–Kier alpha value is -3.68. The van der Waals surface area contributed by atoms with Crippen molar-refractivity contribution in [1.82, 2.24) is 14.8 Å². The molecule has 0 spiro atoms. The van der Waals surface area contributed by atoms with Crippen molar-refractivity contribution >= 4 is 49.4 Å². The summed E-state index contributed by atoms with van der Waals surface area (Å²) in [4.78, 5) is 35.4. The van der Waals surface area contributed by atoms with Gasteiger partial charge in [0.25, 0.3) is 0 Å². The third-order valence-electron chi connectivity index (χ3n) is 6.87. The van der Waals surface area contributed by atoms with Gasteiger partial charge in [-0.2, -0.15) is 0 Å². The number of fused-ring (bicyclic) bond motifs is 5. The zero-order valence-corrected chi connectivity index (χ0v) is 19.1. The number of rotatable bonds is 4. The van der Waals surface area contributed by atoms with Gasteiger partial charge in [0.1, 0.15) is 0 Å². The average molecular weight is 455 g/mol. The Kier molecular flexibility index (Phi) is 5.08. The summed E-state index contributed by atoms with van der Waals surface area (Å²) in [7, 11) is 2.14. The first-order chi connectivity index (χ1) is 16.6. The van der Waals surface area contributed by atoms with E-state index >= 15 is 0 Å². The molecule has 1 aliphatic rings. The van der Waals surface area contributed by atoms with Crippen LogP contribution in [0.2, 0.25) is 0 Å². The molecule has 0 unspecified atom stereocenters. The van der Waals surface area contributed by atoms with Gasteiger partial charge in [-0.25, -0.2) is 0 Å². The number of aromatic amines is 1. The molecule has 2 N–H and O–H groups in total. The first-order valence-corrected chi connectivity index (χ1v) is 11.7. The molecule has 7 nitrogen and oxygen atoms in total. The number of anilines is 1. The lowest BCUT2D eigenvalue weighted by Crippen LogP contribution is -2.45. The molecule has 1 fully saturated rings. The van der Waals surface area contributed by atoms with Gasteiger partial charge in [0.2, 0.25) is 0 Å². The lowest BCUT2D eigenvalue weighted by Gasteiger charge is -2.32. The zero-order chi connectivity index (χ0) is 23.2. The van der Waals surface area contributed by atoms with Gasteiger partial charge in [-0.3, -0.25) is 14.5 Å². The molecule has 0 bridgehead atoms. The van der Waals surface area contributed by atoms with Crippen molar-refractivity contribution in [2.75, 3.05) is 51.6 Å². The lowest BCUT2D eigenvalue weighted by atomic mass is 9.99. The van der Waals surface area contributed by atoms with Crippen LogP contribution in [0.1, 0.15) is 0 Å². The summed E-state index contributed by atoms with van der Waals surface area (Å²) in [6.07, 6.45) is 0. The second-order valence-electron chi connectivity index (χ2n) is 9.05. The van der Waals surface area contributed by atoms with Crippen LogP contribution in [0, 0.1) is 0 Å². The fourth-order valence-electron chi connectivity index (χ4n) is 4.95. The van der Waals surface area contributed by atoms with Gasteiger partial charge in [-0.1, -0.05) is 36.4 Å². The van der Waals surface area contributed by atoms with Crippen molar-refractivity contribution in [1.29, 1.82) is 0 Å². The number of piperazine rings is 1. The van der Waals surface area contributed by atoms with Crippen LogP contribution in [-0.2, 0) is 0 Å². The highest BCUT2D eigenvalue weighted by Crippen LogP contribution is 2.30. The summed E-state index contributed by atoms with van der Waals surface area (Å²) in [5.74, 6) is 0. The lowest BCUT2D eigenvalue weighted by molar-refractivity contribution is 0.158. The molecular weight excluding hydrogens is 428 g/mol. The number of aromatic nitrogens is 1. The molecular formula is C27H26N4O3. The van der Waals surface area contributed by atoms with Crippen LogP contribution in [0.3, 0.4) is 0 Å². The van der Waals surface area contributed by atoms with Crippen LogP contribution in [-0.4, -0.2) is 61.1 Å². The van der Waals surface area contributed by atoms with E-state index < -0.39 is 0 Å². The number of hydrogen-bond donors (Lipinski definition) is 2. The second kappa shape index (κ2) is 8.27. The van der Waals surface area contributed by atoms with Crippen LogP contribution < -0.4 is 16.2 Å². The highest BCUT2D eigenvalue weighted by molar-refractivity contribution is 6.14. The van der Waals surface area contributed by atoms with Gasteiger partial charge in [-0.05, 0) is 19.2 Å². The predicted molar refractivity (Wildman–Crippen MR) is 138 cm³/mol. The Balaban J connectivity index is 1.54. The van der Waals surface area contributed by atoms with E-state index in [4.69, 9.17) is 4.42 Å². The molecule has 5 aromatic rings. The molecule has 1 saturated heterocycles. The fraction of sp³-hybridized carbons (Fsp3) is 0.259. The molecule has 34 heavy (non-hydrogen) atoms. The topological polar surface area (TPSA) is 81.6 Å². The molecule has 7 heteroatoms. The van der Waals surface area contributed by atoms with E-state index in [1.165, 1.54) is 0 Å². The minimum Gasteiger partial charge on any atom is -0.453 e. The van der Waals surface area contributed by atoms with Crippen molar-refractivity contribution < 1.29 is 4.42 Å². The van der Waals surface area contributed by atoms with Crippen LogP contribution in [0.15, 0.2) is 68.6 Å². The summed E-state index contributed by atoms with van der Waals surface area (Å²) in [6, 6.07) is 16.5. The molecule has 2 heterocycles. The second-order valence-corrected chi connectivity index (χ2v) is 9.05. The molecule has 0 radical (unpaired) electrons. The number of H-pyrrole nitrogens is 1. The van der Waals surface area contributed by atoms with E-state index in [1.54, 1.807) is 24.3 Å². The fourth-order valence-corrected chi connectivity index (χ4v) is 4.95. The standard InChI is InChI=1S/C27H26N4O3/c1-30-12-14-31(15-13-30)11-10-28-20-16-22-25(29-19-8-4-5-9-21(19)34-22)24-23(20)26(32)17-6-2-3-7-18(17)27(24)33/h2-9,16,28-29H,10-15H2,1H3. The molecule has 0 atom stereocenters. The average Bonchev–Trinajstić information content (AvgIpc) is 2.86. The Labute approximate surface area is 195 Å². The van der Waals surface area contributed by atoms with Gasteiger partial charge < -0.3 is 19.6 Å². The van der Waals surface area contributed by atoms with E-state index in [2.05, 4.69) is 27.1 Å². The van der Waals surface area contributed by atoms with E-state index in [1.807, 2.05) is 30.3 Å². The van der Waals surface area contributed by atoms with Crippen molar-refractivity contribution in [3.63, 3.8) is 0 Å². The monoisotopic (exact) mass is 454 g/mol. The van der Waals surface area contributed by atoms with Crippen molar-refractivity contribution in [2.24, 2.45) is 0 Å². The molecule has 1 aliphatic heterocycles. The summed E-state index contributed by atoms with van der Waals surface area (Å²) in [6.45, 7) is 5.68. The predicted octanol–water partition coefficient (Wildman–Crippen LogP) is 3.60. The molecule has 0 aliphatic carbocycles. The minimum atomic E-state index is -0.167. The van der Waals surface area contributed by atoms with Crippen molar-refractivity contribution in [2.45, 2.75) is 0 Å². The van der Waals surface area contributed by atoms with Gasteiger partial charge in [-0.15, -0.1) is 0 Å². The Bertz CT molecular complexity index is 1660. The first-order valence-electron chi connectivity index (χ1n) is 11.7. The number of para-hydroxylation sites is 2. The first kappa shape index (κ1) is 20.9. The number of nitrogens with one attached hydrogen (secondary N) is 2. The van der Waals surface area contributed by atoms with Gasteiger partial charge in [0, 0.05) is 56.1 Å². The minimum absolute atomic E-state index is 0.143. The maximum absolute atomic E-state index is 13.7. The van der Waals surface area contributed by atoms with Crippen LogP contribution in [0.25, 0.3) is 43.7 Å². The van der Waals surface area contributed by atoms with Gasteiger partial charge >= 0.3 is 0 Å². The Morgan fingerprint density at radius 3 is 2.32 bits per heavy atom. The Morgan fingerprint density at radius 1 is 0.882 bits per heavy atom. The maximum Gasteiger partial charge on any atom is 0.196 e. The van der Waals surface area contributed by atoms with E-state index in [0.29, 0.717) is 50.5 Å². The van der Waals surface area contributed by atoms with Crippen LogP contribution >= 0.6 is 0 Å². The molecule has 0 amide bonds. The summed E-state index contributed by atoms with van der Waals surface area (Å²) >= 11 is 0. The molecule has 1 aromatic heterocycles. The summed E-state index contributed by atoms with van der Waals surface area (Å²) in [5.41, 5.74) is 2.87. The number of hydrogen-bond acceptors (Lipinski definition) is 6. The van der Waals surface area contributed by atoms with Crippen molar-refractivity contribution in [3.05, 3.63) is 75.0 Å². The zero-order valence-electron chi connectivity index (χ0n) is 19.1. The smallest absolute Gasteiger partial charge is 0.196 e. The number of nitrogens with zero attached hydrogens (tertiary/aromatic N) is 2. The van der Waals surface area contributed by atoms with Gasteiger partial charge in [0.15, 0.2) is 22.0 Å². The third-order valence-corrected chi connectivity index (χ3v) is 6.87. The van der Waals surface area contributed by atoms with Gasteiger partial charge in [0.05, 0.1) is 27.5 Å². The highest BCUT2D eigenvalue weighted by atomic mass is 16.3. The van der Waals surface area contributed by atoms with E-state index in [0.717, 1.165) is 38.2 Å². The third kappa shape index (κ3) is 3.45. The maximum atomic E-state index is 13.7. The molecule has 172 valence electrons. The van der Waals surface area contributed by atoms with Crippen LogP contribution in [0.5, 0.6) is 0 Å². The van der Waals surface area contributed by atoms with Crippen LogP contribution in [0.4, 0.5) is 5.69 Å². The summed E-state index contributed by atoms with van der Waals surface area (Å²) in [5, 5.41) is 5.11. The Morgan fingerprint density at radius 2 is 1.56 bits per heavy atom. The highest BCUT2D eigenvalue weighted by Gasteiger charge is 2.19. The van der Waals surface area contributed by atoms with Crippen molar-refractivity contribution in [3.8, 4) is 0 Å². The number of benzene rings is 4. The SMILES string of the molecule is CN1CCN(CCNc2cc3oc4ccccc4[nH]c3c3c(=O)c4ccccc4c(=O)c23)CC1.